The quantitative estimate of drug-likeness (QED) is 0.866. The van der Waals surface area contributed by atoms with Crippen LogP contribution in [0.25, 0.3) is 10.8 Å². The number of aromatic hydroxyl groups is 1. The van der Waals surface area contributed by atoms with Crippen LogP contribution in [0.1, 0.15) is 43.2 Å². The van der Waals surface area contributed by atoms with E-state index in [2.05, 4.69) is 19.1 Å². The first kappa shape index (κ1) is 13.6. The van der Waals surface area contributed by atoms with Gasteiger partial charge in [-0.1, -0.05) is 19.1 Å². The second-order valence-electron chi connectivity index (χ2n) is 6.81. The summed E-state index contributed by atoms with van der Waals surface area (Å²) >= 11 is 0. The third-order valence-electron chi connectivity index (χ3n) is 5.80. The van der Waals surface area contributed by atoms with E-state index in [9.17, 15) is 9.90 Å². The Labute approximate surface area is 129 Å². The summed E-state index contributed by atoms with van der Waals surface area (Å²) in [5.41, 5.74) is 2.47. The number of rotatable bonds is 1. The molecule has 2 aliphatic carbocycles. The summed E-state index contributed by atoms with van der Waals surface area (Å²) < 4.78 is 5.26. The van der Waals surface area contributed by atoms with E-state index in [1.807, 2.05) is 6.07 Å². The van der Waals surface area contributed by atoms with Crippen molar-refractivity contribution in [1.29, 1.82) is 0 Å². The van der Waals surface area contributed by atoms with Crippen molar-refractivity contribution in [1.82, 2.24) is 0 Å². The van der Waals surface area contributed by atoms with Gasteiger partial charge in [0.25, 0.3) is 0 Å². The molecule has 0 unspecified atom stereocenters. The van der Waals surface area contributed by atoms with Crippen LogP contribution in [0.2, 0.25) is 0 Å². The Hall–Kier alpha value is -2.03. The van der Waals surface area contributed by atoms with Gasteiger partial charge in [-0.15, -0.1) is 0 Å². The van der Waals surface area contributed by atoms with E-state index in [0.29, 0.717) is 23.9 Å². The summed E-state index contributed by atoms with van der Waals surface area (Å²) in [6.45, 7) is 2.14. The topological polar surface area (TPSA) is 46.5 Å². The summed E-state index contributed by atoms with van der Waals surface area (Å²) in [4.78, 5) is 12.3. The maximum absolute atomic E-state index is 12.3. The van der Waals surface area contributed by atoms with Crippen LogP contribution in [-0.2, 0) is 11.2 Å². The summed E-state index contributed by atoms with van der Waals surface area (Å²) in [6, 6.07) is 7.91. The Morgan fingerprint density at radius 1 is 1.27 bits per heavy atom. The molecule has 1 N–H and O–H groups in total. The van der Waals surface area contributed by atoms with Gasteiger partial charge in [0.15, 0.2) is 11.5 Å². The molecule has 2 atom stereocenters. The summed E-state index contributed by atoms with van der Waals surface area (Å²) in [6.07, 6.45) is 3.51. The van der Waals surface area contributed by atoms with Gasteiger partial charge in [0.05, 0.1) is 7.11 Å². The second-order valence-corrected chi connectivity index (χ2v) is 6.81. The van der Waals surface area contributed by atoms with Crippen LogP contribution in [-0.4, -0.2) is 18.0 Å². The second kappa shape index (κ2) is 4.48. The summed E-state index contributed by atoms with van der Waals surface area (Å²) in [5.74, 6) is 1.45. The minimum Gasteiger partial charge on any atom is -0.504 e. The van der Waals surface area contributed by atoms with Gasteiger partial charge in [0.1, 0.15) is 5.78 Å². The fourth-order valence-electron chi connectivity index (χ4n) is 4.46. The number of aryl methyl sites for hydroxylation is 1. The third-order valence-corrected chi connectivity index (χ3v) is 5.80. The van der Waals surface area contributed by atoms with Crippen molar-refractivity contribution in [3.8, 4) is 11.5 Å². The molecule has 1 saturated carbocycles. The monoisotopic (exact) mass is 296 g/mol. The van der Waals surface area contributed by atoms with E-state index < -0.39 is 0 Å². The van der Waals surface area contributed by atoms with Crippen LogP contribution in [0, 0.1) is 5.41 Å². The highest BCUT2D eigenvalue weighted by molar-refractivity contribution is 5.93. The minimum atomic E-state index is -0.179. The SMILES string of the molecule is COc1cc2c3c(ccc2cc1O)[C@@H]1CCC(=O)[C@@]1(C)CC3. The van der Waals surface area contributed by atoms with Gasteiger partial charge in [-0.05, 0) is 59.2 Å². The number of ketones is 1. The van der Waals surface area contributed by atoms with Gasteiger partial charge in [-0.2, -0.15) is 0 Å². The summed E-state index contributed by atoms with van der Waals surface area (Å²) in [7, 11) is 1.57. The molecule has 4 rings (SSSR count). The average Bonchev–Trinajstić information content (AvgIpc) is 2.82. The van der Waals surface area contributed by atoms with E-state index in [-0.39, 0.29) is 11.2 Å². The number of hydrogen-bond acceptors (Lipinski definition) is 3. The van der Waals surface area contributed by atoms with Crippen LogP contribution in [0.5, 0.6) is 11.5 Å². The van der Waals surface area contributed by atoms with Gasteiger partial charge >= 0.3 is 0 Å². The van der Waals surface area contributed by atoms with E-state index in [1.54, 1.807) is 13.2 Å². The molecular formula is C19H20O3. The van der Waals surface area contributed by atoms with Crippen molar-refractivity contribution in [2.75, 3.05) is 7.11 Å². The molecule has 2 aromatic carbocycles. The van der Waals surface area contributed by atoms with Crippen molar-refractivity contribution >= 4 is 16.6 Å². The lowest BCUT2D eigenvalue weighted by Crippen LogP contribution is -2.32. The number of phenols is 1. The van der Waals surface area contributed by atoms with Crippen molar-refractivity contribution in [2.24, 2.45) is 5.41 Å². The van der Waals surface area contributed by atoms with Gasteiger partial charge in [-0.3, -0.25) is 4.79 Å². The first-order chi connectivity index (χ1) is 10.5. The van der Waals surface area contributed by atoms with Gasteiger partial charge in [0.2, 0.25) is 0 Å². The van der Waals surface area contributed by atoms with E-state index in [0.717, 1.165) is 30.0 Å². The zero-order valence-corrected chi connectivity index (χ0v) is 13.0. The predicted molar refractivity (Wildman–Crippen MR) is 85.6 cm³/mol. The molecule has 0 aromatic heterocycles. The highest BCUT2D eigenvalue weighted by atomic mass is 16.5. The average molecular weight is 296 g/mol. The fourth-order valence-corrected chi connectivity index (χ4v) is 4.46. The normalized spacial score (nSPS) is 26.8. The molecule has 0 aliphatic heterocycles. The Morgan fingerprint density at radius 3 is 2.86 bits per heavy atom. The number of methoxy groups -OCH3 is 1. The summed E-state index contributed by atoms with van der Waals surface area (Å²) in [5, 5.41) is 12.1. The predicted octanol–water partition coefficient (Wildman–Crippen LogP) is 3.95. The molecule has 3 heteroatoms. The standard InChI is InChI=1S/C19H20O3/c1-19-8-7-12-13(15(19)5-6-18(19)21)4-3-11-9-16(20)17(22-2)10-14(11)12/h3-4,9-10,15,20H,5-8H2,1-2H3/t15-,19-/m0/s1. The zero-order valence-electron chi connectivity index (χ0n) is 13.0. The smallest absolute Gasteiger partial charge is 0.161 e. The Kier molecular flexibility index (Phi) is 2.77. The number of carbonyl (C=O) groups is 1. The lowest BCUT2D eigenvalue weighted by atomic mass is 9.66. The van der Waals surface area contributed by atoms with E-state index in [1.165, 1.54) is 11.1 Å². The maximum Gasteiger partial charge on any atom is 0.161 e. The van der Waals surface area contributed by atoms with E-state index >= 15 is 0 Å². The molecule has 0 heterocycles. The Balaban J connectivity index is 1.95. The van der Waals surface area contributed by atoms with Gasteiger partial charge in [0, 0.05) is 11.8 Å². The molecule has 0 amide bonds. The number of phenolic OH excluding ortho intramolecular Hbond substituents is 1. The number of benzene rings is 2. The fraction of sp³-hybridized carbons (Fsp3) is 0.421. The molecule has 2 aromatic rings. The lowest BCUT2D eigenvalue weighted by molar-refractivity contribution is -0.126. The van der Waals surface area contributed by atoms with E-state index in [4.69, 9.17) is 4.74 Å². The minimum absolute atomic E-state index is 0.173. The maximum atomic E-state index is 12.3. The molecule has 0 radical (unpaired) electrons. The van der Waals surface area contributed by atoms with Crippen molar-refractivity contribution in [3.05, 3.63) is 35.4 Å². The molecular weight excluding hydrogens is 276 g/mol. The molecule has 114 valence electrons. The van der Waals surface area contributed by atoms with Crippen molar-refractivity contribution < 1.29 is 14.6 Å². The first-order valence-electron chi connectivity index (χ1n) is 7.90. The lowest BCUT2D eigenvalue weighted by Gasteiger charge is -2.37. The van der Waals surface area contributed by atoms with Crippen LogP contribution in [0.3, 0.4) is 0 Å². The molecule has 0 saturated heterocycles. The number of Topliss-reactive ketones (excluding diaryl/α,β-unsaturated/α-hetero) is 1. The molecule has 2 aliphatic rings. The number of carbonyl (C=O) groups excluding carboxylic acids is 1. The van der Waals surface area contributed by atoms with Crippen LogP contribution in [0.15, 0.2) is 24.3 Å². The van der Waals surface area contributed by atoms with Gasteiger partial charge < -0.3 is 9.84 Å². The molecule has 22 heavy (non-hydrogen) atoms. The van der Waals surface area contributed by atoms with Crippen LogP contribution < -0.4 is 4.74 Å². The van der Waals surface area contributed by atoms with Crippen LogP contribution in [0.4, 0.5) is 0 Å². The highest BCUT2D eigenvalue weighted by Crippen LogP contribution is 2.54. The van der Waals surface area contributed by atoms with Crippen LogP contribution >= 0.6 is 0 Å². The zero-order chi connectivity index (χ0) is 15.5. The molecule has 0 spiro atoms. The van der Waals surface area contributed by atoms with Gasteiger partial charge in [-0.25, -0.2) is 0 Å². The first-order valence-corrected chi connectivity index (χ1v) is 7.90. The van der Waals surface area contributed by atoms with Crippen molar-refractivity contribution in [3.63, 3.8) is 0 Å². The molecule has 3 nitrogen and oxygen atoms in total. The third kappa shape index (κ3) is 1.65. The Morgan fingerprint density at radius 2 is 2.09 bits per heavy atom. The number of hydrogen-bond donors (Lipinski definition) is 1. The number of fused-ring (bicyclic) bond motifs is 5. The van der Waals surface area contributed by atoms with Crippen molar-refractivity contribution in [2.45, 2.75) is 38.5 Å². The highest BCUT2D eigenvalue weighted by Gasteiger charge is 2.49. The Bertz CT molecular complexity index is 793. The molecule has 1 fully saturated rings. The largest absolute Gasteiger partial charge is 0.504 e. The number of ether oxygens (including phenoxy) is 1. The molecule has 0 bridgehead atoms.